The zero-order chi connectivity index (χ0) is 20.4. The van der Waals surface area contributed by atoms with Gasteiger partial charge < -0.3 is 10.8 Å². The molecule has 0 amide bonds. The molecular formula is C22H20N6O. The quantitative estimate of drug-likeness (QED) is 0.544. The summed E-state index contributed by atoms with van der Waals surface area (Å²) in [6.07, 6.45) is 2.11. The van der Waals surface area contributed by atoms with Crippen LogP contribution in [-0.4, -0.2) is 24.7 Å². The molecule has 0 atom stereocenters. The Kier molecular flexibility index (Phi) is 4.83. The lowest BCUT2D eigenvalue weighted by Crippen LogP contribution is -2.07. The van der Waals surface area contributed by atoms with Gasteiger partial charge in [0.15, 0.2) is 0 Å². The lowest BCUT2D eigenvalue weighted by Gasteiger charge is -2.12. The number of aryl methyl sites for hydroxylation is 1. The van der Waals surface area contributed by atoms with Crippen molar-refractivity contribution in [2.75, 3.05) is 5.73 Å². The van der Waals surface area contributed by atoms with Gasteiger partial charge in [-0.2, -0.15) is 19.7 Å². The Bertz CT molecular complexity index is 1220. The number of fused-ring (bicyclic) bond motifs is 1. The number of nitrogen functional groups attached to an aromatic ring is 1. The Morgan fingerprint density at radius 1 is 1.10 bits per heavy atom. The fraction of sp³-hybridized carbons (Fsp3) is 0.182. The number of nitrogens with zero attached hydrogens (tertiary/aromatic N) is 5. The van der Waals surface area contributed by atoms with E-state index in [1.54, 1.807) is 4.52 Å². The maximum atomic E-state index is 10.5. The molecule has 2 heterocycles. The first kappa shape index (κ1) is 18.4. The second-order valence-electron chi connectivity index (χ2n) is 6.82. The Morgan fingerprint density at radius 2 is 1.86 bits per heavy atom. The number of benzene rings is 2. The minimum absolute atomic E-state index is 0.0488. The van der Waals surface area contributed by atoms with Crippen LogP contribution in [0.25, 0.3) is 16.9 Å². The van der Waals surface area contributed by atoms with E-state index < -0.39 is 0 Å². The summed E-state index contributed by atoms with van der Waals surface area (Å²) >= 11 is 0. The summed E-state index contributed by atoms with van der Waals surface area (Å²) < 4.78 is 1.62. The molecule has 7 nitrogen and oxygen atoms in total. The van der Waals surface area contributed by atoms with E-state index in [0.717, 1.165) is 40.8 Å². The van der Waals surface area contributed by atoms with Crippen molar-refractivity contribution < 1.29 is 5.11 Å². The van der Waals surface area contributed by atoms with E-state index in [1.807, 2.05) is 48.5 Å². The first-order valence-electron chi connectivity index (χ1n) is 9.42. The smallest absolute Gasteiger partial charge is 0.257 e. The Balaban J connectivity index is 1.71. The van der Waals surface area contributed by atoms with Crippen molar-refractivity contribution in [2.24, 2.45) is 0 Å². The summed E-state index contributed by atoms with van der Waals surface area (Å²) in [4.78, 5) is 8.21. The summed E-state index contributed by atoms with van der Waals surface area (Å²) in [5, 5.41) is 24.1. The molecule has 0 unspecified atom stereocenters. The third-order valence-corrected chi connectivity index (χ3v) is 4.87. The molecule has 0 saturated heterocycles. The van der Waals surface area contributed by atoms with E-state index in [0.29, 0.717) is 17.8 Å². The fourth-order valence-electron chi connectivity index (χ4n) is 3.51. The van der Waals surface area contributed by atoms with Crippen molar-refractivity contribution in [2.45, 2.75) is 26.2 Å². The minimum Gasteiger partial charge on any atom is -0.493 e. The molecule has 3 N–H and O–H groups in total. The zero-order valence-corrected chi connectivity index (χ0v) is 16.0. The minimum atomic E-state index is -0.0488. The molecular weight excluding hydrogens is 364 g/mol. The fourth-order valence-corrected chi connectivity index (χ4v) is 3.51. The highest BCUT2D eigenvalue weighted by molar-refractivity contribution is 5.70. The van der Waals surface area contributed by atoms with Crippen molar-refractivity contribution in [1.29, 1.82) is 5.26 Å². The van der Waals surface area contributed by atoms with E-state index >= 15 is 0 Å². The van der Waals surface area contributed by atoms with E-state index in [2.05, 4.69) is 28.1 Å². The Hall–Kier alpha value is -3.92. The van der Waals surface area contributed by atoms with E-state index in [4.69, 9.17) is 5.73 Å². The van der Waals surface area contributed by atoms with Crippen LogP contribution in [0.1, 0.15) is 35.7 Å². The number of aromatic hydroxyl groups is 1. The van der Waals surface area contributed by atoms with Gasteiger partial charge in [0.1, 0.15) is 0 Å². The maximum Gasteiger partial charge on any atom is 0.257 e. The van der Waals surface area contributed by atoms with E-state index in [1.165, 1.54) is 0 Å². The molecule has 4 aromatic rings. The first-order valence-corrected chi connectivity index (χ1v) is 9.42. The Morgan fingerprint density at radius 3 is 2.59 bits per heavy atom. The normalized spacial score (nSPS) is 10.9. The number of rotatable bonds is 5. The predicted molar refractivity (Wildman–Crippen MR) is 110 cm³/mol. The van der Waals surface area contributed by atoms with Gasteiger partial charge >= 0.3 is 0 Å². The van der Waals surface area contributed by atoms with Crippen LogP contribution in [-0.2, 0) is 12.8 Å². The number of aromatic nitrogens is 4. The third-order valence-electron chi connectivity index (χ3n) is 4.87. The van der Waals surface area contributed by atoms with Gasteiger partial charge in [0.2, 0.25) is 11.8 Å². The lowest BCUT2D eigenvalue weighted by atomic mass is 9.97. The van der Waals surface area contributed by atoms with Crippen LogP contribution < -0.4 is 5.73 Å². The highest BCUT2D eigenvalue weighted by Crippen LogP contribution is 2.27. The van der Waals surface area contributed by atoms with Crippen LogP contribution in [0.5, 0.6) is 5.88 Å². The Labute approximate surface area is 168 Å². The molecule has 0 fully saturated rings. The van der Waals surface area contributed by atoms with Gasteiger partial charge in [0.25, 0.3) is 5.78 Å². The average molecular weight is 384 g/mol. The first-order chi connectivity index (χ1) is 14.1. The second-order valence-corrected chi connectivity index (χ2v) is 6.82. The number of nitrogens with two attached hydrogens (primary N) is 1. The van der Waals surface area contributed by atoms with Gasteiger partial charge in [0, 0.05) is 12.0 Å². The third kappa shape index (κ3) is 3.48. The van der Waals surface area contributed by atoms with Crippen LogP contribution in [0.2, 0.25) is 0 Å². The largest absolute Gasteiger partial charge is 0.493 e. The van der Waals surface area contributed by atoms with E-state index in [9.17, 15) is 10.4 Å². The number of hydrogen-bond acceptors (Lipinski definition) is 6. The molecule has 0 aliphatic carbocycles. The molecule has 2 aromatic heterocycles. The number of anilines is 1. The molecule has 0 bridgehead atoms. The second kappa shape index (κ2) is 7.60. The number of nitriles is 1. The predicted octanol–water partition coefficient (Wildman–Crippen LogP) is 3.49. The molecule has 0 saturated carbocycles. The molecule has 7 heteroatoms. The summed E-state index contributed by atoms with van der Waals surface area (Å²) in [5.74, 6) is 0.384. The molecule has 4 rings (SSSR count). The molecule has 144 valence electrons. The van der Waals surface area contributed by atoms with Gasteiger partial charge in [-0.05, 0) is 29.2 Å². The standard InChI is InChI=1S/C22H20N6O/c1-2-5-19-18(20(29)25-22-26-21(24)27-28(19)22)12-14-8-10-15(11-9-14)17-7-4-3-6-16(17)13-23/h3-4,6-11H,2,5,12H2,1H3,(H3,24,25,26,27,29). The highest BCUT2D eigenvalue weighted by atomic mass is 16.3. The van der Waals surface area contributed by atoms with Crippen molar-refractivity contribution in [3.05, 3.63) is 70.9 Å². The highest BCUT2D eigenvalue weighted by Gasteiger charge is 2.17. The van der Waals surface area contributed by atoms with Crippen LogP contribution >= 0.6 is 0 Å². The van der Waals surface area contributed by atoms with Crippen molar-refractivity contribution in [3.63, 3.8) is 0 Å². The van der Waals surface area contributed by atoms with Gasteiger partial charge in [-0.25, -0.2) is 0 Å². The lowest BCUT2D eigenvalue weighted by molar-refractivity contribution is 0.444. The van der Waals surface area contributed by atoms with Crippen molar-refractivity contribution in [3.8, 4) is 23.1 Å². The number of hydrogen-bond donors (Lipinski definition) is 2. The van der Waals surface area contributed by atoms with Crippen LogP contribution in [0, 0.1) is 11.3 Å². The topological polar surface area (TPSA) is 113 Å². The summed E-state index contributed by atoms with van der Waals surface area (Å²) in [6, 6.07) is 17.7. The van der Waals surface area contributed by atoms with Crippen LogP contribution in [0.3, 0.4) is 0 Å². The maximum absolute atomic E-state index is 10.5. The van der Waals surface area contributed by atoms with Gasteiger partial charge in [-0.1, -0.05) is 55.8 Å². The summed E-state index contributed by atoms with van der Waals surface area (Å²) in [5.41, 5.74) is 10.8. The SMILES string of the molecule is CCCc1c(Cc2ccc(-c3ccccc3C#N)cc2)c(O)nc2nc(N)nn12. The molecule has 0 spiro atoms. The average Bonchev–Trinajstić information content (AvgIpc) is 3.11. The summed E-state index contributed by atoms with van der Waals surface area (Å²) in [7, 11) is 0. The molecule has 0 radical (unpaired) electrons. The molecule has 0 aliphatic heterocycles. The molecule has 2 aromatic carbocycles. The van der Waals surface area contributed by atoms with Crippen LogP contribution in [0.15, 0.2) is 48.5 Å². The van der Waals surface area contributed by atoms with Crippen molar-refractivity contribution in [1.82, 2.24) is 19.6 Å². The van der Waals surface area contributed by atoms with Crippen LogP contribution in [0.4, 0.5) is 5.95 Å². The zero-order valence-electron chi connectivity index (χ0n) is 16.0. The monoisotopic (exact) mass is 384 g/mol. The van der Waals surface area contributed by atoms with Gasteiger partial charge in [-0.3, -0.25) is 0 Å². The van der Waals surface area contributed by atoms with Gasteiger partial charge in [-0.15, -0.1) is 5.10 Å². The van der Waals surface area contributed by atoms with Gasteiger partial charge in [0.05, 0.1) is 17.3 Å². The molecule has 0 aliphatic rings. The summed E-state index contributed by atoms with van der Waals surface area (Å²) in [6.45, 7) is 2.06. The molecule has 29 heavy (non-hydrogen) atoms. The van der Waals surface area contributed by atoms with E-state index in [-0.39, 0.29) is 11.8 Å². The van der Waals surface area contributed by atoms with Crippen molar-refractivity contribution >= 4 is 11.7 Å².